The van der Waals surface area contributed by atoms with Gasteiger partial charge in [-0.25, -0.2) is 0 Å². The van der Waals surface area contributed by atoms with Crippen molar-refractivity contribution < 1.29 is 0 Å². The second kappa shape index (κ2) is 6.72. The molecular weight excluding hydrogens is 210 g/mol. The number of likely N-dealkylation sites (tertiary alicyclic amines) is 1. The van der Waals surface area contributed by atoms with Gasteiger partial charge in [-0.05, 0) is 66.7 Å². The van der Waals surface area contributed by atoms with E-state index in [0.29, 0.717) is 0 Å². The molecule has 1 atom stereocenters. The lowest BCUT2D eigenvalue weighted by Gasteiger charge is -2.35. The Morgan fingerprint density at radius 2 is 2.00 bits per heavy atom. The molecule has 1 aliphatic heterocycles. The molecule has 0 bridgehead atoms. The van der Waals surface area contributed by atoms with Crippen molar-refractivity contribution in [2.45, 2.75) is 39.2 Å². The molecule has 1 saturated heterocycles. The van der Waals surface area contributed by atoms with Crippen LogP contribution in [0.15, 0.2) is 0 Å². The minimum absolute atomic E-state index is 0.256. The van der Waals surface area contributed by atoms with Gasteiger partial charge in [0, 0.05) is 25.2 Å². The average Bonchev–Trinajstić information content (AvgIpc) is 2.23. The summed E-state index contributed by atoms with van der Waals surface area (Å²) in [5.74, 6) is 0.838. The number of hydrogen-bond donors (Lipinski definition) is 1. The molecule has 1 rings (SSSR count). The SMILES string of the molecule is CN(C)CCN1CCCC(CNC(C)(C)C)C1. The lowest BCUT2D eigenvalue weighted by Crippen LogP contribution is -2.45. The summed E-state index contributed by atoms with van der Waals surface area (Å²) in [4.78, 5) is 4.90. The van der Waals surface area contributed by atoms with Crippen LogP contribution in [0.4, 0.5) is 0 Å². The van der Waals surface area contributed by atoms with E-state index in [1.165, 1.54) is 45.6 Å². The Hall–Kier alpha value is -0.120. The molecule has 0 spiro atoms. The summed E-state index contributed by atoms with van der Waals surface area (Å²) < 4.78 is 0. The molecule has 0 aliphatic carbocycles. The molecule has 0 aromatic rings. The molecule has 0 amide bonds. The van der Waals surface area contributed by atoms with Crippen molar-refractivity contribution in [1.82, 2.24) is 15.1 Å². The van der Waals surface area contributed by atoms with Crippen LogP contribution in [0.2, 0.25) is 0 Å². The topological polar surface area (TPSA) is 18.5 Å². The van der Waals surface area contributed by atoms with E-state index in [4.69, 9.17) is 0 Å². The first-order valence-corrected chi connectivity index (χ1v) is 6.99. The van der Waals surface area contributed by atoms with Gasteiger partial charge in [0.15, 0.2) is 0 Å². The number of rotatable bonds is 5. The molecule has 102 valence electrons. The highest BCUT2D eigenvalue weighted by Crippen LogP contribution is 2.16. The Morgan fingerprint density at radius 3 is 2.59 bits per heavy atom. The monoisotopic (exact) mass is 241 g/mol. The molecular formula is C14H31N3. The van der Waals surface area contributed by atoms with E-state index < -0.39 is 0 Å². The number of hydrogen-bond acceptors (Lipinski definition) is 3. The molecule has 1 fully saturated rings. The zero-order valence-corrected chi connectivity index (χ0v) is 12.4. The smallest absolute Gasteiger partial charge is 0.0109 e. The number of nitrogens with one attached hydrogen (secondary N) is 1. The standard InChI is InChI=1S/C14H31N3/c1-14(2,3)15-11-13-7-6-8-17(12-13)10-9-16(4)5/h13,15H,6-12H2,1-5H3. The van der Waals surface area contributed by atoms with Gasteiger partial charge in [-0.1, -0.05) is 0 Å². The predicted molar refractivity (Wildman–Crippen MR) is 75.5 cm³/mol. The molecule has 17 heavy (non-hydrogen) atoms. The van der Waals surface area contributed by atoms with Crippen LogP contribution < -0.4 is 5.32 Å². The van der Waals surface area contributed by atoms with Gasteiger partial charge in [-0.3, -0.25) is 0 Å². The Bertz CT molecular complexity index is 208. The van der Waals surface area contributed by atoms with Crippen molar-refractivity contribution in [2.75, 3.05) is 46.8 Å². The van der Waals surface area contributed by atoms with E-state index in [2.05, 4.69) is 50.0 Å². The van der Waals surface area contributed by atoms with Crippen LogP contribution in [0.3, 0.4) is 0 Å². The first-order chi connectivity index (χ1) is 7.87. The van der Waals surface area contributed by atoms with Crippen molar-refractivity contribution in [1.29, 1.82) is 0 Å². The Labute approximate surface area is 108 Å². The normalized spacial score (nSPS) is 23.3. The van der Waals surface area contributed by atoms with Crippen LogP contribution in [0.1, 0.15) is 33.6 Å². The highest BCUT2D eigenvalue weighted by atomic mass is 15.2. The maximum absolute atomic E-state index is 3.64. The third kappa shape index (κ3) is 7.02. The van der Waals surface area contributed by atoms with E-state index in [9.17, 15) is 0 Å². The summed E-state index contributed by atoms with van der Waals surface area (Å²) in [6, 6.07) is 0. The summed E-state index contributed by atoms with van der Waals surface area (Å²) in [5.41, 5.74) is 0.256. The molecule has 0 aromatic carbocycles. The van der Waals surface area contributed by atoms with Gasteiger partial charge in [-0.2, -0.15) is 0 Å². The third-order valence-electron chi connectivity index (χ3n) is 3.39. The van der Waals surface area contributed by atoms with Crippen molar-refractivity contribution in [3.8, 4) is 0 Å². The minimum Gasteiger partial charge on any atom is -0.312 e. The molecule has 0 radical (unpaired) electrons. The zero-order chi connectivity index (χ0) is 12.9. The van der Waals surface area contributed by atoms with Gasteiger partial charge in [0.2, 0.25) is 0 Å². The van der Waals surface area contributed by atoms with Gasteiger partial charge >= 0.3 is 0 Å². The van der Waals surface area contributed by atoms with Crippen molar-refractivity contribution in [3.05, 3.63) is 0 Å². The van der Waals surface area contributed by atoms with E-state index in [-0.39, 0.29) is 5.54 Å². The van der Waals surface area contributed by atoms with Crippen molar-refractivity contribution in [3.63, 3.8) is 0 Å². The largest absolute Gasteiger partial charge is 0.312 e. The molecule has 1 N–H and O–H groups in total. The molecule has 0 aromatic heterocycles. The van der Waals surface area contributed by atoms with Crippen LogP contribution >= 0.6 is 0 Å². The van der Waals surface area contributed by atoms with Gasteiger partial charge < -0.3 is 15.1 Å². The highest BCUT2D eigenvalue weighted by molar-refractivity contribution is 4.78. The quantitative estimate of drug-likeness (QED) is 0.789. The fourth-order valence-corrected chi connectivity index (χ4v) is 2.31. The van der Waals surface area contributed by atoms with E-state index >= 15 is 0 Å². The molecule has 1 unspecified atom stereocenters. The average molecular weight is 241 g/mol. The fraction of sp³-hybridized carbons (Fsp3) is 1.00. The molecule has 3 nitrogen and oxygen atoms in total. The maximum Gasteiger partial charge on any atom is 0.0109 e. The predicted octanol–water partition coefficient (Wildman–Crippen LogP) is 1.65. The Balaban J connectivity index is 2.24. The molecule has 1 heterocycles. The summed E-state index contributed by atoms with van der Waals surface area (Å²) in [6.45, 7) is 12.9. The molecule has 1 aliphatic rings. The first-order valence-electron chi connectivity index (χ1n) is 6.99. The number of piperidine rings is 1. The van der Waals surface area contributed by atoms with Crippen LogP contribution in [-0.4, -0.2) is 62.2 Å². The van der Waals surface area contributed by atoms with Crippen molar-refractivity contribution in [2.24, 2.45) is 5.92 Å². The lowest BCUT2D eigenvalue weighted by atomic mass is 9.96. The zero-order valence-electron chi connectivity index (χ0n) is 12.4. The minimum atomic E-state index is 0.256. The summed E-state index contributed by atoms with van der Waals surface area (Å²) >= 11 is 0. The molecule has 3 heteroatoms. The van der Waals surface area contributed by atoms with Gasteiger partial charge in [-0.15, -0.1) is 0 Å². The van der Waals surface area contributed by atoms with Crippen LogP contribution in [0.25, 0.3) is 0 Å². The van der Waals surface area contributed by atoms with Crippen LogP contribution in [-0.2, 0) is 0 Å². The fourth-order valence-electron chi connectivity index (χ4n) is 2.31. The Morgan fingerprint density at radius 1 is 1.29 bits per heavy atom. The maximum atomic E-state index is 3.64. The van der Waals surface area contributed by atoms with Crippen LogP contribution in [0, 0.1) is 5.92 Å². The lowest BCUT2D eigenvalue weighted by molar-refractivity contribution is 0.155. The van der Waals surface area contributed by atoms with Gasteiger partial charge in [0.1, 0.15) is 0 Å². The molecule has 0 saturated carbocycles. The van der Waals surface area contributed by atoms with Crippen LogP contribution in [0.5, 0.6) is 0 Å². The second-order valence-corrected chi connectivity index (χ2v) is 6.74. The summed E-state index contributed by atoms with van der Waals surface area (Å²) in [6.07, 6.45) is 2.76. The first kappa shape index (κ1) is 14.9. The number of nitrogens with zero attached hydrogens (tertiary/aromatic N) is 2. The van der Waals surface area contributed by atoms with E-state index in [0.717, 1.165) is 5.92 Å². The van der Waals surface area contributed by atoms with Gasteiger partial charge in [0.05, 0.1) is 0 Å². The highest BCUT2D eigenvalue weighted by Gasteiger charge is 2.21. The van der Waals surface area contributed by atoms with E-state index in [1.807, 2.05) is 0 Å². The van der Waals surface area contributed by atoms with Gasteiger partial charge in [0.25, 0.3) is 0 Å². The Kier molecular flexibility index (Phi) is 5.90. The second-order valence-electron chi connectivity index (χ2n) is 6.74. The van der Waals surface area contributed by atoms with E-state index in [1.54, 1.807) is 0 Å². The summed E-state index contributed by atoms with van der Waals surface area (Å²) in [7, 11) is 4.31. The number of likely N-dealkylation sites (N-methyl/N-ethyl adjacent to an activating group) is 1. The summed E-state index contributed by atoms with van der Waals surface area (Å²) in [5, 5.41) is 3.64. The third-order valence-corrected chi connectivity index (χ3v) is 3.39. The van der Waals surface area contributed by atoms with Crippen molar-refractivity contribution >= 4 is 0 Å².